The minimum atomic E-state index is -1.11. The molecule has 0 aliphatic heterocycles. The summed E-state index contributed by atoms with van der Waals surface area (Å²) in [6.07, 6.45) is 15.0. The van der Waals surface area contributed by atoms with Crippen LogP contribution >= 0.6 is 0 Å². The summed E-state index contributed by atoms with van der Waals surface area (Å²) in [6.45, 7) is 23.9. The molecular weight excluding hydrogens is 546 g/mol. The van der Waals surface area contributed by atoms with E-state index >= 15 is 0 Å². The minimum absolute atomic E-state index is 0.0833. The van der Waals surface area contributed by atoms with E-state index in [1.165, 1.54) is 69.8 Å². The van der Waals surface area contributed by atoms with Crippen molar-refractivity contribution in [3.8, 4) is 0 Å². The summed E-state index contributed by atoms with van der Waals surface area (Å²) in [6, 6.07) is 0. The second kappa shape index (κ2) is 11.4. The maximum Gasteiger partial charge on any atom is 0.309 e. The molecule has 0 bridgehead atoms. The van der Waals surface area contributed by atoms with Gasteiger partial charge in [-0.1, -0.05) is 46.8 Å². The molecule has 0 aromatic heterocycles. The molecule has 5 nitrogen and oxygen atoms in total. The molecule has 5 aliphatic carbocycles. The zero-order chi connectivity index (χ0) is 32.5. The van der Waals surface area contributed by atoms with Crippen LogP contribution in [0, 0.1) is 62.1 Å². The van der Waals surface area contributed by atoms with Crippen molar-refractivity contribution in [1.29, 1.82) is 0 Å². The van der Waals surface area contributed by atoms with E-state index in [1.807, 2.05) is 0 Å². The van der Waals surface area contributed by atoms with Crippen LogP contribution in [0.25, 0.3) is 0 Å². The number of hydrogen-bond donors (Lipinski definition) is 2. The van der Waals surface area contributed by atoms with Crippen LogP contribution < -0.4 is 5.32 Å². The highest BCUT2D eigenvalue weighted by atomic mass is 16.5. The van der Waals surface area contributed by atoms with Crippen molar-refractivity contribution in [3.05, 3.63) is 12.2 Å². The third-order valence-corrected chi connectivity index (χ3v) is 15.7. The average Bonchev–Trinajstić information content (AvgIpc) is 3.30. The molecule has 2 N–H and O–H groups in total. The number of carboxylic acids is 1. The monoisotopic (exact) mass is 611 g/mol. The second-order valence-corrected chi connectivity index (χ2v) is 18.5. The van der Waals surface area contributed by atoms with Crippen molar-refractivity contribution in [3.63, 3.8) is 0 Å². The van der Waals surface area contributed by atoms with E-state index in [0.29, 0.717) is 34.0 Å². The van der Waals surface area contributed by atoms with Crippen LogP contribution in [-0.2, 0) is 14.3 Å². The second-order valence-electron chi connectivity index (χ2n) is 18.5. The van der Waals surface area contributed by atoms with Gasteiger partial charge < -0.3 is 15.2 Å². The van der Waals surface area contributed by atoms with E-state index in [0.717, 1.165) is 31.2 Å². The van der Waals surface area contributed by atoms with Crippen molar-refractivity contribution in [2.24, 2.45) is 62.1 Å². The van der Waals surface area contributed by atoms with E-state index in [2.05, 4.69) is 60.5 Å². The van der Waals surface area contributed by atoms with Gasteiger partial charge in [0.15, 0.2) is 0 Å². The minimum Gasteiger partial charge on any atom is -0.481 e. The number of aliphatic carboxylic acids is 1. The number of nitrogens with one attached hydrogen (secondary N) is 1. The molecule has 5 heteroatoms. The highest BCUT2D eigenvalue weighted by Gasteiger charge is 2.71. The SMILES string of the molecule is C=C(C)C1CC[C@]2(CCCNC)CC[C@]3(C)[C@H](CC[C@@H]4[C@@]5(C)CC[C@H](OC(=O)CC(C)(C)C(=O)O)C(C)(C)[C@@H]5CC[C@]43C)[C@@H]12. The highest BCUT2D eigenvalue weighted by molar-refractivity contribution is 5.81. The van der Waals surface area contributed by atoms with Gasteiger partial charge in [-0.25, -0.2) is 0 Å². The van der Waals surface area contributed by atoms with Gasteiger partial charge in [-0.2, -0.15) is 0 Å². The molecule has 0 aromatic carbocycles. The third kappa shape index (κ3) is 5.03. The summed E-state index contributed by atoms with van der Waals surface area (Å²) in [5.41, 5.74) is 1.55. The van der Waals surface area contributed by atoms with Gasteiger partial charge >= 0.3 is 11.9 Å². The fourth-order valence-corrected chi connectivity index (χ4v) is 13.2. The summed E-state index contributed by atoms with van der Waals surface area (Å²) < 4.78 is 6.17. The Morgan fingerprint density at radius 1 is 0.909 bits per heavy atom. The van der Waals surface area contributed by atoms with Gasteiger partial charge in [-0.3, -0.25) is 9.59 Å². The molecule has 0 spiro atoms. The normalized spacial score (nSPS) is 44.5. The molecule has 10 atom stereocenters. The number of allylic oxidation sites excluding steroid dienone is 1. The summed E-state index contributed by atoms with van der Waals surface area (Å²) in [7, 11) is 2.09. The van der Waals surface area contributed by atoms with Crippen molar-refractivity contribution in [2.75, 3.05) is 13.6 Å². The van der Waals surface area contributed by atoms with Gasteiger partial charge in [0, 0.05) is 5.41 Å². The summed E-state index contributed by atoms with van der Waals surface area (Å²) >= 11 is 0. The molecule has 5 fully saturated rings. The number of rotatable bonds is 9. The van der Waals surface area contributed by atoms with E-state index in [-0.39, 0.29) is 29.3 Å². The zero-order valence-electron chi connectivity index (χ0n) is 29.7. The molecule has 250 valence electrons. The van der Waals surface area contributed by atoms with Crippen LogP contribution in [0.4, 0.5) is 0 Å². The first-order valence-electron chi connectivity index (χ1n) is 18.1. The Morgan fingerprint density at radius 2 is 1.61 bits per heavy atom. The van der Waals surface area contributed by atoms with Crippen LogP contribution in [0.1, 0.15) is 139 Å². The van der Waals surface area contributed by atoms with Crippen molar-refractivity contribution in [1.82, 2.24) is 5.32 Å². The Labute approximate surface area is 269 Å². The van der Waals surface area contributed by atoms with Crippen LogP contribution in [0.15, 0.2) is 12.2 Å². The predicted octanol–water partition coefficient (Wildman–Crippen LogP) is 9.06. The lowest BCUT2D eigenvalue weighted by Gasteiger charge is -2.73. The van der Waals surface area contributed by atoms with Crippen LogP contribution in [0.2, 0.25) is 0 Å². The lowest BCUT2D eigenvalue weighted by atomic mass is 9.32. The topological polar surface area (TPSA) is 75.6 Å². The van der Waals surface area contributed by atoms with Crippen LogP contribution in [-0.4, -0.2) is 36.7 Å². The van der Waals surface area contributed by atoms with E-state index < -0.39 is 11.4 Å². The molecule has 0 heterocycles. The number of carbonyl (C=O) groups excluding carboxylic acids is 1. The Bertz CT molecular complexity index is 1140. The zero-order valence-corrected chi connectivity index (χ0v) is 29.7. The third-order valence-electron chi connectivity index (χ3n) is 15.7. The molecule has 0 saturated heterocycles. The lowest BCUT2D eigenvalue weighted by Crippen LogP contribution is -2.66. The van der Waals surface area contributed by atoms with Gasteiger partial charge in [-0.15, -0.1) is 0 Å². The van der Waals surface area contributed by atoms with Crippen molar-refractivity contribution in [2.45, 2.75) is 145 Å². The number of ether oxygens (including phenoxy) is 1. The van der Waals surface area contributed by atoms with Gasteiger partial charge in [0.25, 0.3) is 0 Å². The van der Waals surface area contributed by atoms with Gasteiger partial charge in [0.05, 0.1) is 11.8 Å². The smallest absolute Gasteiger partial charge is 0.309 e. The number of carboxylic acid groups (broad SMARTS) is 1. The number of fused-ring (bicyclic) bond motifs is 7. The maximum atomic E-state index is 13.0. The number of esters is 1. The Morgan fingerprint density at radius 3 is 2.25 bits per heavy atom. The Hall–Kier alpha value is -1.36. The van der Waals surface area contributed by atoms with Crippen LogP contribution in [0.3, 0.4) is 0 Å². The first kappa shape index (κ1) is 34.0. The summed E-state index contributed by atoms with van der Waals surface area (Å²) in [4.78, 5) is 24.7. The molecule has 5 aliphatic rings. The van der Waals surface area contributed by atoms with Gasteiger partial charge in [0.1, 0.15) is 6.10 Å². The Balaban J connectivity index is 1.40. The summed E-state index contributed by atoms with van der Waals surface area (Å²) in [5, 5.41) is 13.0. The van der Waals surface area contributed by atoms with Gasteiger partial charge in [0.2, 0.25) is 0 Å². The standard InChI is InChI=1S/C39H65NO4/c1-25(2)26-14-20-39(17-11-23-40-10)22-21-37(8)27(32(26)39)12-13-29-36(7)18-16-30(44-31(41)24-34(3,4)33(42)43)35(5,6)28(36)15-19-38(29,37)9/h26-30,32,40H,1,11-24H2,2-10H3,(H,42,43)/t26?,27-,28+,29-,30+,32-,36+,37-,38-,39-/m1/s1. The average molecular weight is 612 g/mol. The molecule has 5 saturated carbocycles. The maximum absolute atomic E-state index is 13.0. The van der Waals surface area contributed by atoms with E-state index in [9.17, 15) is 14.7 Å². The van der Waals surface area contributed by atoms with Crippen molar-refractivity contribution >= 4 is 11.9 Å². The van der Waals surface area contributed by atoms with Crippen LogP contribution in [0.5, 0.6) is 0 Å². The summed E-state index contributed by atoms with van der Waals surface area (Å²) in [5.74, 6) is 2.09. The molecule has 1 unspecified atom stereocenters. The van der Waals surface area contributed by atoms with E-state index in [4.69, 9.17) is 4.74 Å². The first-order chi connectivity index (χ1) is 20.4. The Kier molecular flexibility index (Phi) is 8.81. The molecule has 0 radical (unpaired) electrons. The highest BCUT2D eigenvalue weighted by Crippen LogP contribution is 2.78. The first-order valence-corrected chi connectivity index (χ1v) is 18.1. The fraction of sp³-hybridized carbons (Fsp3) is 0.897. The fourth-order valence-electron chi connectivity index (χ4n) is 13.2. The number of hydrogen-bond acceptors (Lipinski definition) is 4. The van der Waals surface area contributed by atoms with E-state index in [1.54, 1.807) is 13.8 Å². The number of carbonyl (C=O) groups is 2. The molecule has 0 aromatic rings. The lowest BCUT2D eigenvalue weighted by molar-refractivity contribution is -0.250. The van der Waals surface area contributed by atoms with Gasteiger partial charge in [-0.05, 0) is 163 Å². The predicted molar refractivity (Wildman–Crippen MR) is 178 cm³/mol. The quantitative estimate of drug-likeness (QED) is 0.155. The molecular formula is C39H65NO4. The molecule has 5 rings (SSSR count). The molecule has 44 heavy (non-hydrogen) atoms. The van der Waals surface area contributed by atoms with Crippen molar-refractivity contribution < 1.29 is 19.4 Å². The molecule has 0 amide bonds. The largest absolute Gasteiger partial charge is 0.481 e.